The molecule has 4 rings (SSSR count). The van der Waals surface area contributed by atoms with Gasteiger partial charge in [0.15, 0.2) is 0 Å². The van der Waals surface area contributed by atoms with Crippen molar-refractivity contribution in [3.63, 3.8) is 0 Å². The van der Waals surface area contributed by atoms with E-state index in [9.17, 15) is 10.1 Å². The number of nitrogens with one attached hydrogen (secondary N) is 1. The summed E-state index contributed by atoms with van der Waals surface area (Å²) in [6.07, 6.45) is 2.89. The van der Waals surface area contributed by atoms with Crippen molar-refractivity contribution in [3.05, 3.63) is 71.3 Å². The lowest BCUT2D eigenvalue weighted by Gasteiger charge is -2.46. The number of rotatable bonds is 6. The molecule has 2 unspecified atom stereocenters. The third-order valence-corrected chi connectivity index (χ3v) is 7.30. The van der Waals surface area contributed by atoms with Gasteiger partial charge in [-0.2, -0.15) is 5.26 Å². The van der Waals surface area contributed by atoms with E-state index in [0.717, 1.165) is 45.6 Å². The van der Waals surface area contributed by atoms with Gasteiger partial charge in [-0.3, -0.25) is 9.69 Å². The van der Waals surface area contributed by atoms with E-state index >= 15 is 0 Å². The van der Waals surface area contributed by atoms with E-state index in [1.165, 1.54) is 11.1 Å². The summed E-state index contributed by atoms with van der Waals surface area (Å²) >= 11 is 0. The average molecular weight is 445 g/mol. The molecule has 2 saturated heterocycles. The maximum atomic E-state index is 13.3. The minimum Gasteiger partial charge on any atom is -0.337 e. The zero-order chi connectivity index (χ0) is 23.2. The molecule has 0 spiro atoms. The van der Waals surface area contributed by atoms with E-state index in [-0.39, 0.29) is 12.1 Å². The highest BCUT2D eigenvalue weighted by Crippen LogP contribution is 2.33. The number of benzene rings is 2. The Morgan fingerprint density at radius 2 is 1.70 bits per heavy atom. The molecule has 2 aliphatic rings. The molecule has 5 nitrogen and oxygen atoms in total. The van der Waals surface area contributed by atoms with Gasteiger partial charge in [0.25, 0.3) is 0 Å². The van der Waals surface area contributed by atoms with Crippen molar-refractivity contribution in [2.75, 3.05) is 32.7 Å². The van der Waals surface area contributed by atoms with E-state index < -0.39 is 0 Å². The summed E-state index contributed by atoms with van der Waals surface area (Å²) in [5.74, 6) is 1.23. The molecule has 174 valence electrons. The zero-order valence-corrected chi connectivity index (χ0v) is 19.9. The molecule has 2 aromatic rings. The second-order valence-corrected chi connectivity index (χ2v) is 9.84. The fraction of sp³-hybridized carbons (Fsp3) is 0.500. The van der Waals surface area contributed by atoms with Crippen LogP contribution in [0.3, 0.4) is 0 Å². The van der Waals surface area contributed by atoms with E-state index in [1.807, 2.05) is 18.2 Å². The van der Waals surface area contributed by atoms with Crippen LogP contribution in [0, 0.1) is 23.2 Å². The lowest BCUT2D eigenvalue weighted by molar-refractivity contribution is -0.139. The number of hydrogen-bond acceptors (Lipinski definition) is 4. The Hall–Kier alpha value is -2.68. The van der Waals surface area contributed by atoms with Crippen LogP contribution in [-0.2, 0) is 4.79 Å². The highest BCUT2D eigenvalue weighted by Gasteiger charge is 2.36. The molecule has 2 atom stereocenters. The Kier molecular flexibility index (Phi) is 7.80. The van der Waals surface area contributed by atoms with Crippen molar-refractivity contribution < 1.29 is 4.79 Å². The number of carbonyl (C=O) groups excluding carboxylic acids is 1. The molecule has 1 N–H and O–H groups in total. The highest BCUT2D eigenvalue weighted by atomic mass is 16.2. The fourth-order valence-electron chi connectivity index (χ4n) is 5.39. The third-order valence-electron chi connectivity index (χ3n) is 7.30. The summed E-state index contributed by atoms with van der Waals surface area (Å²) in [6.45, 7) is 9.00. The minimum atomic E-state index is 0.113. The molecule has 2 aliphatic heterocycles. The normalized spacial score (nSPS) is 21.0. The summed E-state index contributed by atoms with van der Waals surface area (Å²) in [5.41, 5.74) is 3.12. The van der Waals surface area contributed by atoms with Crippen molar-refractivity contribution in [1.29, 1.82) is 5.26 Å². The van der Waals surface area contributed by atoms with E-state index in [4.69, 9.17) is 0 Å². The average Bonchev–Trinajstić information content (AvgIpc) is 2.86. The van der Waals surface area contributed by atoms with Crippen molar-refractivity contribution in [1.82, 2.24) is 15.1 Å². The number of nitriles is 1. The molecule has 0 bridgehead atoms. The molecule has 5 heteroatoms. The van der Waals surface area contributed by atoms with Crippen LogP contribution < -0.4 is 5.32 Å². The number of carbonyl (C=O) groups is 1. The topological polar surface area (TPSA) is 59.4 Å². The molecule has 0 saturated carbocycles. The summed E-state index contributed by atoms with van der Waals surface area (Å²) in [5, 5.41) is 12.6. The highest BCUT2D eigenvalue weighted by molar-refractivity contribution is 5.77. The van der Waals surface area contributed by atoms with Gasteiger partial charge in [0.05, 0.1) is 17.7 Å². The van der Waals surface area contributed by atoms with Crippen molar-refractivity contribution in [3.8, 4) is 6.07 Å². The maximum Gasteiger partial charge on any atom is 0.223 e. The Morgan fingerprint density at radius 1 is 1.03 bits per heavy atom. The Labute approximate surface area is 198 Å². The van der Waals surface area contributed by atoms with Crippen LogP contribution in [0.25, 0.3) is 0 Å². The van der Waals surface area contributed by atoms with Crippen LogP contribution in [0.4, 0.5) is 0 Å². The summed E-state index contributed by atoms with van der Waals surface area (Å²) < 4.78 is 0. The van der Waals surface area contributed by atoms with E-state index in [1.54, 1.807) is 0 Å². The van der Waals surface area contributed by atoms with Crippen molar-refractivity contribution in [2.45, 2.75) is 45.2 Å². The quantitative estimate of drug-likeness (QED) is 0.725. The number of piperidine rings is 1. The first-order valence-electron chi connectivity index (χ1n) is 12.4. The maximum absolute atomic E-state index is 13.3. The molecule has 2 fully saturated rings. The van der Waals surface area contributed by atoms with Gasteiger partial charge < -0.3 is 10.2 Å². The van der Waals surface area contributed by atoms with Crippen LogP contribution in [0.1, 0.15) is 55.8 Å². The largest absolute Gasteiger partial charge is 0.337 e. The van der Waals surface area contributed by atoms with Crippen molar-refractivity contribution >= 4 is 5.91 Å². The van der Waals surface area contributed by atoms with E-state index in [0.29, 0.717) is 29.7 Å². The van der Waals surface area contributed by atoms with Crippen LogP contribution in [0.2, 0.25) is 0 Å². The van der Waals surface area contributed by atoms with Crippen LogP contribution >= 0.6 is 0 Å². The summed E-state index contributed by atoms with van der Waals surface area (Å²) in [7, 11) is 0. The number of amides is 1. The van der Waals surface area contributed by atoms with E-state index in [2.05, 4.69) is 71.4 Å². The lowest BCUT2D eigenvalue weighted by atomic mass is 9.90. The first kappa shape index (κ1) is 23.5. The first-order chi connectivity index (χ1) is 16.1. The molecule has 0 aromatic heterocycles. The monoisotopic (exact) mass is 444 g/mol. The van der Waals surface area contributed by atoms with Gasteiger partial charge in [0, 0.05) is 32.1 Å². The Morgan fingerprint density at radius 3 is 2.33 bits per heavy atom. The molecule has 2 aromatic carbocycles. The Bertz CT molecular complexity index is 944. The second kappa shape index (κ2) is 11.0. The Balaban J connectivity index is 1.55. The SMILES string of the molecule is CC(C)C1CN(C(c2ccccc2)c2ccc(C#N)cc2)CCN1C(=O)CC1CCNCC1. The summed E-state index contributed by atoms with van der Waals surface area (Å²) in [6, 6.07) is 21.1. The molecule has 0 radical (unpaired) electrons. The lowest BCUT2D eigenvalue weighted by Crippen LogP contribution is -2.58. The fourth-order valence-corrected chi connectivity index (χ4v) is 5.39. The standard InChI is InChI=1S/C28H36N4O/c1-21(2)26-20-31(16-17-32(26)27(33)18-22-12-14-30-15-13-22)28(24-6-4-3-5-7-24)25-10-8-23(19-29)9-11-25/h3-11,21-22,26,28,30H,12-18,20H2,1-2H3. The predicted molar refractivity (Wildman–Crippen MR) is 132 cm³/mol. The van der Waals surface area contributed by atoms with Crippen LogP contribution in [0.5, 0.6) is 0 Å². The zero-order valence-electron chi connectivity index (χ0n) is 19.9. The van der Waals surface area contributed by atoms with Gasteiger partial charge in [0.2, 0.25) is 5.91 Å². The molecule has 33 heavy (non-hydrogen) atoms. The van der Waals surface area contributed by atoms with Gasteiger partial charge in [-0.15, -0.1) is 0 Å². The van der Waals surface area contributed by atoms with Gasteiger partial charge in [-0.1, -0.05) is 56.3 Å². The third kappa shape index (κ3) is 5.63. The number of nitrogens with zero attached hydrogens (tertiary/aromatic N) is 3. The van der Waals surface area contributed by atoms with Gasteiger partial charge in [-0.05, 0) is 61.0 Å². The van der Waals surface area contributed by atoms with Crippen LogP contribution in [-0.4, -0.2) is 54.5 Å². The van der Waals surface area contributed by atoms with Gasteiger partial charge >= 0.3 is 0 Å². The molecule has 0 aliphatic carbocycles. The summed E-state index contributed by atoms with van der Waals surface area (Å²) in [4.78, 5) is 18.0. The number of piperazine rings is 1. The van der Waals surface area contributed by atoms with Crippen LogP contribution in [0.15, 0.2) is 54.6 Å². The molecular formula is C28H36N4O. The van der Waals surface area contributed by atoms with Gasteiger partial charge in [0.1, 0.15) is 0 Å². The molecule has 1 amide bonds. The minimum absolute atomic E-state index is 0.113. The molecular weight excluding hydrogens is 408 g/mol. The second-order valence-electron chi connectivity index (χ2n) is 9.84. The first-order valence-corrected chi connectivity index (χ1v) is 12.4. The predicted octanol–water partition coefficient (Wildman–Crippen LogP) is 4.21. The molecule has 2 heterocycles. The smallest absolute Gasteiger partial charge is 0.223 e. The van der Waals surface area contributed by atoms with Gasteiger partial charge in [-0.25, -0.2) is 0 Å². The van der Waals surface area contributed by atoms with Crippen molar-refractivity contribution in [2.24, 2.45) is 11.8 Å². The number of hydrogen-bond donors (Lipinski definition) is 1.